The van der Waals surface area contributed by atoms with Crippen LogP contribution in [0.3, 0.4) is 0 Å². The van der Waals surface area contributed by atoms with Crippen LogP contribution in [0.2, 0.25) is 0 Å². The topological polar surface area (TPSA) is 68.5 Å². The number of carbonyl (C=O) groups excluding carboxylic acids is 1. The van der Waals surface area contributed by atoms with Crippen LogP contribution in [-0.2, 0) is 0 Å². The maximum atomic E-state index is 11.8. The zero-order chi connectivity index (χ0) is 17.4. The van der Waals surface area contributed by atoms with Gasteiger partial charge in [-0.25, -0.2) is 5.43 Å². The molecule has 1 aromatic carbocycles. The molecule has 124 valence electrons. The largest absolute Gasteiger partial charge is 0.371 e. The Labute approximate surface area is 146 Å². The number of nitrogens with zero attached hydrogens (tertiary/aromatic N) is 3. The summed E-state index contributed by atoms with van der Waals surface area (Å²) in [6.45, 7) is 5.65. The van der Waals surface area contributed by atoms with E-state index in [9.17, 15) is 4.79 Å². The molecular formula is C18H20N4OS. The highest BCUT2D eigenvalue weighted by Gasteiger charge is 2.06. The highest BCUT2D eigenvalue weighted by atomic mass is 32.1. The van der Waals surface area contributed by atoms with Crippen molar-refractivity contribution < 1.29 is 4.79 Å². The van der Waals surface area contributed by atoms with Gasteiger partial charge in [-0.15, -0.1) is 11.3 Å². The van der Waals surface area contributed by atoms with Crippen LogP contribution in [0, 0.1) is 18.3 Å². The van der Waals surface area contributed by atoms with E-state index in [1.807, 2.05) is 30.5 Å². The van der Waals surface area contributed by atoms with Crippen molar-refractivity contribution >= 4 is 29.1 Å². The molecule has 1 aromatic heterocycles. The number of carbonyl (C=O) groups is 1. The second-order valence-electron chi connectivity index (χ2n) is 5.21. The first-order chi connectivity index (χ1) is 11.7. The smallest absolute Gasteiger partial charge is 0.281 e. The SMILES string of the molecule is CCN(CCC#N)c1ccc(/C=N\NC(=O)c2cccs2)c(C)c1. The van der Waals surface area contributed by atoms with E-state index in [-0.39, 0.29) is 5.91 Å². The molecule has 1 amide bonds. The summed E-state index contributed by atoms with van der Waals surface area (Å²) < 4.78 is 0. The molecule has 0 aliphatic rings. The van der Waals surface area contributed by atoms with Gasteiger partial charge in [-0.1, -0.05) is 12.1 Å². The number of thiophene rings is 1. The normalized spacial score (nSPS) is 10.5. The molecule has 0 saturated carbocycles. The quantitative estimate of drug-likeness (QED) is 0.619. The number of nitrogens with one attached hydrogen (secondary N) is 1. The molecule has 2 aromatic rings. The van der Waals surface area contributed by atoms with E-state index in [1.165, 1.54) is 11.3 Å². The van der Waals surface area contributed by atoms with Crippen LogP contribution in [0.5, 0.6) is 0 Å². The van der Waals surface area contributed by atoms with Crippen molar-refractivity contribution in [1.29, 1.82) is 5.26 Å². The van der Waals surface area contributed by atoms with Crippen LogP contribution in [0.15, 0.2) is 40.8 Å². The van der Waals surface area contributed by atoms with Gasteiger partial charge in [0.25, 0.3) is 5.91 Å². The minimum atomic E-state index is -0.204. The standard InChI is InChI=1S/C18H20N4OS/c1-3-22(10-5-9-19)16-8-7-15(14(2)12-16)13-20-21-18(23)17-6-4-11-24-17/h4,6-8,11-13H,3,5,10H2,1-2H3,(H,21,23)/b20-13-. The minimum Gasteiger partial charge on any atom is -0.371 e. The molecule has 0 fully saturated rings. The molecule has 0 bridgehead atoms. The predicted octanol–water partition coefficient (Wildman–Crippen LogP) is 3.56. The Bertz CT molecular complexity index is 747. The van der Waals surface area contributed by atoms with Gasteiger partial charge >= 0.3 is 0 Å². The van der Waals surface area contributed by atoms with Crippen LogP contribution >= 0.6 is 11.3 Å². The van der Waals surface area contributed by atoms with Crippen molar-refractivity contribution in [2.45, 2.75) is 20.3 Å². The molecule has 0 spiro atoms. The lowest BCUT2D eigenvalue weighted by Gasteiger charge is -2.22. The molecular weight excluding hydrogens is 320 g/mol. The van der Waals surface area contributed by atoms with Crippen molar-refractivity contribution in [3.05, 3.63) is 51.7 Å². The van der Waals surface area contributed by atoms with Gasteiger partial charge in [0.2, 0.25) is 0 Å². The fourth-order valence-electron chi connectivity index (χ4n) is 2.28. The van der Waals surface area contributed by atoms with Crippen molar-refractivity contribution in [2.24, 2.45) is 5.10 Å². The van der Waals surface area contributed by atoms with Crippen LogP contribution < -0.4 is 10.3 Å². The average molecular weight is 340 g/mol. The zero-order valence-electron chi connectivity index (χ0n) is 13.8. The van der Waals surface area contributed by atoms with Gasteiger partial charge in [0.05, 0.1) is 23.6 Å². The summed E-state index contributed by atoms with van der Waals surface area (Å²) in [6, 6.07) is 11.8. The summed E-state index contributed by atoms with van der Waals surface area (Å²) >= 11 is 1.38. The summed E-state index contributed by atoms with van der Waals surface area (Å²) in [5.74, 6) is -0.204. The van der Waals surface area contributed by atoms with Crippen LogP contribution in [-0.4, -0.2) is 25.2 Å². The van der Waals surface area contributed by atoms with Crippen LogP contribution in [0.4, 0.5) is 5.69 Å². The Kier molecular flexibility index (Phi) is 6.52. The molecule has 1 N–H and O–H groups in total. The number of benzene rings is 1. The van der Waals surface area contributed by atoms with Gasteiger partial charge in [0, 0.05) is 18.8 Å². The third-order valence-electron chi connectivity index (χ3n) is 3.61. The molecule has 0 unspecified atom stereocenters. The molecule has 0 radical (unpaired) electrons. The summed E-state index contributed by atoms with van der Waals surface area (Å²) in [5, 5.41) is 14.6. The van der Waals surface area contributed by atoms with E-state index in [0.29, 0.717) is 11.3 Å². The molecule has 0 aliphatic carbocycles. The average Bonchev–Trinajstić information content (AvgIpc) is 3.12. The number of amides is 1. The van der Waals surface area contributed by atoms with Gasteiger partial charge in [-0.2, -0.15) is 10.4 Å². The summed E-state index contributed by atoms with van der Waals surface area (Å²) in [5.41, 5.74) is 5.63. The zero-order valence-corrected chi connectivity index (χ0v) is 14.6. The third kappa shape index (κ3) is 4.67. The van der Waals surface area contributed by atoms with Crippen molar-refractivity contribution in [3.63, 3.8) is 0 Å². The maximum absolute atomic E-state index is 11.8. The number of nitriles is 1. The number of hydrazone groups is 1. The maximum Gasteiger partial charge on any atom is 0.281 e. The third-order valence-corrected chi connectivity index (χ3v) is 4.48. The summed E-state index contributed by atoms with van der Waals surface area (Å²) in [6.07, 6.45) is 2.15. The Balaban J connectivity index is 2.02. The highest BCUT2D eigenvalue weighted by molar-refractivity contribution is 7.12. The summed E-state index contributed by atoms with van der Waals surface area (Å²) in [7, 11) is 0. The van der Waals surface area contributed by atoms with Gasteiger partial charge in [-0.05, 0) is 48.6 Å². The second kappa shape index (κ2) is 8.85. The van der Waals surface area contributed by atoms with Crippen LogP contribution in [0.1, 0.15) is 34.1 Å². The predicted molar refractivity (Wildman–Crippen MR) is 98.7 cm³/mol. The Morgan fingerprint density at radius 2 is 2.29 bits per heavy atom. The molecule has 2 rings (SSSR count). The molecule has 24 heavy (non-hydrogen) atoms. The lowest BCUT2D eigenvalue weighted by atomic mass is 10.1. The molecule has 0 aliphatic heterocycles. The van der Waals surface area contributed by atoms with Crippen LogP contribution in [0.25, 0.3) is 0 Å². The first-order valence-electron chi connectivity index (χ1n) is 7.75. The van der Waals surface area contributed by atoms with E-state index < -0.39 is 0 Å². The monoisotopic (exact) mass is 340 g/mol. The van der Waals surface area contributed by atoms with Crippen molar-refractivity contribution in [3.8, 4) is 6.07 Å². The van der Waals surface area contributed by atoms with Gasteiger partial charge in [0.15, 0.2) is 0 Å². The lowest BCUT2D eigenvalue weighted by molar-refractivity contribution is 0.0959. The number of hydrogen-bond donors (Lipinski definition) is 1. The second-order valence-corrected chi connectivity index (χ2v) is 6.15. The van der Waals surface area contributed by atoms with E-state index in [4.69, 9.17) is 5.26 Å². The van der Waals surface area contributed by atoms with Gasteiger partial charge in [-0.3, -0.25) is 4.79 Å². The first-order valence-corrected chi connectivity index (χ1v) is 8.63. The fraction of sp³-hybridized carbons (Fsp3) is 0.278. The van der Waals surface area contributed by atoms with Gasteiger partial charge < -0.3 is 4.90 Å². The number of hydrogen-bond acceptors (Lipinski definition) is 5. The fourth-order valence-corrected chi connectivity index (χ4v) is 2.89. The molecule has 5 nitrogen and oxygen atoms in total. The highest BCUT2D eigenvalue weighted by Crippen LogP contribution is 2.18. The molecule has 6 heteroatoms. The summed E-state index contributed by atoms with van der Waals surface area (Å²) in [4.78, 5) is 14.6. The minimum absolute atomic E-state index is 0.204. The van der Waals surface area contributed by atoms with E-state index in [0.717, 1.165) is 29.9 Å². The lowest BCUT2D eigenvalue weighted by Crippen LogP contribution is -2.23. The molecule has 0 atom stereocenters. The van der Waals surface area contributed by atoms with Crippen molar-refractivity contribution in [2.75, 3.05) is 18.0 Å². The van der Waals surface area contributed by atoms with E-state index in [2.05, 4.69) is 34.5 Å². The van der Waals surface area contributed by atoms with E-state index in [1.54, 1.807) is 12.3 Å². The Morgan fingerprint density at radius 3 is 2.92 bits per heavy atom. The Morgan fingerprint density at radius 1 is 1.46 bits per heavy atom. The Hall–Kier alpha value is -2.65. The number of anilines is 1. The number of aryl methyl sites for hydroxylation is 1. The number of rotatable bonds is 7. The molecule has 0 saturated heterocycles. The molecule has 1 heterocycles. The van der Waals surface area contributed by atoms with Crippen molar-refractivity contribution in [1.82, 2.24) is 5.43 Å². The van der Waals surface area contributed by atoms with E-state index >= 15 is 0 Å². The van der Waals surface area contributed by atoms with Gasteiger partial charge in [0.1, 0.15) is 0 Å². The first kappa shape index (κ1) is 17.7.